The van der Waals surface area contributed by atoms with Crippen LogP contribution in [-0.4, -0.2) is 26.7 Å². The molecule has 2 heterocycles. The highest BCUT2D eigenvalue weighted by Crippen LogP contribution is 2.30. The number of hydrogen-bond donors (Lipinski definition) is 3. The van der Waals surface area contributed by atoms with E-state index in [9.17, 15) is 14.0 Å². The van der Waals surface area contributed by atoms with E-state index in [1.165, 1.54) is 16.9 Å². The molecule has 3 rings (SSSR count). The smallest absolute Gasteiger partial charge is 0.253 e. The van der Waals surface area contributed by atoms with Crippen LogP contribution in [0.25, 0.3) is 0 Å². The highest BCUT2D eigenvalue weighted by atomic mass is 19.1. The fraction of sp³-hybridized carbons (Fsp3) is 0.526. The zero-order valence-electron chi connectivity index (χ0n) is 15.6. The van der Waals surface area contributed by atoms with Gasteiger partial charge in [-0.25, -0.2) is 4.39 Å². The number of anilines is 1. The van der Waals surface area contributed by atoms with Crippen molar-refractivity contribution in [3.05, 3.63) is 46.4 Å². The number of carbonyl (C=O) groups excluding carboxylic acids is 1. The number of aromatic amines is 1. The molecule has 1 saturated carbocycles. The number of hydrogen-bond acceptors (Lipinski definition) is 4. The van der Waals surface area contributed by atoms with Gasteiger partial charge in [-0.05, 0) is 37.7 Å². The van der Waals surface area contributed by atoms with Gasteiger partial charge in [0.15, 0.2) is 0 Å². The molecule has 1 aliphatic carbocycles. The summed E-state index contributed by atoms with van der Waals surface area (Å²) in [5.74, 6) is 0.137. The van der Waals surface area contributed by atoms with Crippen LogP contribution >= 0.6 is 0 Å². The van der Waals surface area contributed by atoms with Crippen molar-refractivity contribution in [2.75, 3.05) is 5.32 Å². The summed E-state index contributed by atoms with van der Waals surface area (Å²) in [6.07, 6.45) is 8.26. The number of aromatic nitrogens is 3. The Labute approximate surface area is 157 Å². The standard InChI is InChI=1S/C19H26FN5O2/c1-11-3-5-13(6-4-11)17(21)19(27)24-15-9-23-25(10-15)12(2)16-7-14(20)8-22-18(16)26/h7-13,17H,3-6,21H2,1-2H3,(H,22,26)(H,24,27)/t11?,12-,13?,17-/m0/s1. The molecule has 0 radical (unpaired) electrons. The van der Waals surface area contributed by atoms with Crippen molar-refractivity contribution in [2.45, 2.75) is 51.6 Å². The van der Waals surface area contributed by atoms with E-state index in [1.54, 1.807) is 13.1 Å². The van der Waals surface area contributed by atoms with Gasteiger partial charge in [0, 0.05) is 18.0 Å². The monoisotopic (exact) mass is 375 g/mol. The highest BCUT2D eigenvalue weighted by molar-refractivity contribution is 5.94. The molecule has 146 valence electrons. The molecule has 8 heteroatoms. The molecule has 0 saturated heterocycles. The first kappa shape index (κ1) is 19.3. The summed E-state index contributed by atoms with van der Waals surface area (Å²) >= 11 is 0. The Morgan fingerprint density at radius 1 is 1.41 bits per heavy atom. The van der Waals surface area contributed by atoms with Gasteiger partial charge in [-0.2, -0.15) is 5.10 Å². The van der Waals surface area contributed by atoms with Crippen LogP contribution in [-0.2, 0) is 4.79 Å². The molecule has 2 aromatic heterocycles. The molecule has 1 aliphatic rings. The molecule has 0 aliphatic heterocycles. The molecule has 0 aromatic carbocycles. The second-order valence-electron chi connectivity index (χ2n) is 7.52. The lowest BCUT2D eigenvalue weighted by Gasteiger charge is -2.29. The molecule has 1 fully saturated rings. The lowest BCUT2D eigenvalue weighted by atomic mass is 9.79. The molecule has 0 unspecified atom stereocenters. The van der Waals surface area contributed by atoms with E-state index in [0.29, 0.717) is 11.6 Å². The maximum atomic E-state index is 13.4. The topological polar surface area (TPSA) is 106 Å². The lowest BCUT2D eigenvalue weighted by Crippen LogP contribution is -2.43. The van der Waals surface area contributed by atoms with Crippen molar-refractivity contribution >= 4 is 11.6 Å². The van der Waals surface area contributed by atoms with Gasteiger partial charge in [-0.15, -0.1) is 0 Å². The van der Waals surface area contributed by atoms with Crippen molar-refractivity contribution < 1.29 is 9.18 Å². The summed E-state index contributed by atoms with van der Waals surface area (Å²) in [6.45, 7) is 3.96. The quantitative estimate of drug-likeness (QED) is 0.746. The summed E-state index contributed by atoms with van der Waals surface area (Å²) in [5, 5.41) is 6.98. The Hall–Kier alpha value is -2.48. The predicted octanol–water partition coefficient (Wildman–Crippen LogP) is 2.41. The largest absolute Gasteiger partial charge is 0.326 e. The Bertz CT molecular complexity index is 854. The van der Waals surface area contributed by atoms with Crippen LogP contribution in [0, 0.1) is 17.7 Å². The minimum atomic E-state index is -0.552. The Kier molecular flexibility index (Phi) is 5.74. The molecular weight excluding hydrogens is 349 g/mol. The van der Waals surface area contributed by atoms with E-state index in [1.807, 2.05) is 0 Å². The first-order chi connectivity index (χ1) is 12.8. The van der Waals surface area contributed by atoms with Gasteiger partial charge in [0.25, 0.3) is 5.56 Å². The van der Waals surface area contributed by atoms with Crippen molar-refractivity contribution in [3.63, 3.8) is 0 Å². The van der Waals surface area contributed by atoms with E-state index in [4.69, 9.17) is 5.73 Å². The molecule has 4 N–H and O–H groups in total. The van der Waals surface area contributed by atoms with Gasteiger partial charge < -0.3 is 16.0 Å². The van der Waals surface area contributed by atoms with Crippen LogP contribution in [0.15, 0.2) is 29.5 Å². The second-order valence-corrected chi connectivity index (χ2v) is 7.52. The van der Waals surface area contributed by atoms with E-state index in [2.05, 4.69) is 22.3 Å². The van der Waals surface area contributed by atoms with Crippen LogP contribution in [0.3, 0.4) is 0 Å². The summed E-state index contributed by atoms with van der Waals surface area (Å²) < 4.78 is 14.9. The zero-order valence-corrected chi connectivity index (χ0v) is 15.6. The van der Waals surface area contributed by atoms with Crippen LogP contribution in [0.2, 0.25) is 0 Å². The van der Waals surface area contributed by atoms with Gasteiger partial charge >= 0.3 is 0 Å². The third kappa shape index (κ3) is 4.44. The maximum absolute atomic E-state index is 13.4. The maximum Gasteiger partial charge on any atom is 0.253 e. The number of amides is 1. The molecular formula is C19H26FN5O2. The van der Waals surface area contributed by atoms with Crippen LogP contribution in [0.1, 0.15) is 51.1 Å². The third-order valence-electron chi connectivity index (χ3n) is 5.48. The first-order valence-electron chi connectivity index (χ1n) is 9.34. The van der Waals surface area contributed by atoms with Crippen LogP contribution in [0.5, 0.6) is 0 Å². The molecule has 0 bridgehead atoms. The minimum absolute atomic E-state index is 0.195. The molecule has 2 aromatic rings. The number of pyridine rings is 1. The second kappa shape index (κ2) is 8.04. The average Bonchev–Trinajstić information content (AvgIpc) is 3.11. The van der Waals surface area contributed by atoms with Crippen molar-refractivity contribution in [1.82, 2.24) is 14.8 Å². The molecule has 2 atom stereocenters. The van der Waals surface area contributed by atoms with Crippen molar-refractivity contribution in [2.24, 2.45) is 17.6 Å². The first-order valence-corrected chi connectivity index (χ1v) is 9.34. The summed E-state index contributed by atoms with van der Waals surface area (Å²) in [6, 6.07) is 0.150. The van der Waals surface area contributed by atoms with Crippen molar-refractivity contribution in [3.8, 4) is 0 Å². The van der Waals surface area contributed by atoms with Gasteiger partial charge in [-0.1, -0.05) is 19.8 Å². The van der Waals surface area contributed by atoms with E-state index >= 15 is 0 Å². The molecule has 27 heavy (non-hydrogen) atoms. The summed E-state index contributed by atoms with van der Waals surface area (Å²) in [7, 11) is 0. The SMILES string of the molecule is CC1CCC([C@H](N)C(=O)Nc2cnn([C@@H](C)c3cc(F)c[nH]c3=O)c2)CC1. The van der Waals surface area contributed by atoms with Gasteiger partial charge in [0.1, 0.15) is 5.82 Å². The number of rotatable bonds is 5. The number of nitrogens with two attached hydrogens (primary N) is 1. The number of nitrogens with one attached hydrogen (secondary N) is 2. The van der Waals surface area contributed by atoms with E-state index in [0.717, 1.165) is 31.9 Å². The Morgan fingerprint density at radius 2 is 2.11 bits per heavy atom. The normalized spacial score (nSPS) is 22.2. The number of H-pyrrole nitrogens is 1. The fourth-order valence-corrected chi connectivity index (χ4v) is 3.63. The van der Waals surface area contributed by atoms with Gasteiger partial charge in [-0.3, -0.25) is 14.3 Å². The summed E-state index contributed by atoms with van der Waals surface area (Å²) in [4.78, 5) is 26.7. The van der Waals surface area contributed by atoms with E-state index in [-0.39, 0.29) is 22.9 Å². The van der Waals surface area contributed by atoms with E-state index < -0.39 is 17.9 Å². The van der Waals surface area contributed by atoms with Gasteiger partial charge in [0.05, 0.1) is 24.0 Å². The lowest BCUT2D eigenvalue weighted by molar-refractivity contribution is -0.118. The predicted molar refractivity (Wildman–Crippen MR) is 101 cm³/mol. The number of carbonyl (C=O) groups is 1. The molecule has 0 spiro atoms. The summed E-state index contributed by atoms with van der Waals surface area (Å²) in [5.41, 5.74) is 6.53. The number of halogens is 1. The Balaban J connectivity index is 1.66. The third-order valence-corrected chi connectivity index (χ3v) is 5.48. The molecule has 7 nitrogen and oxygen atoms in total. The zero-order chi connectivity index (χ0) is 19.6. The molecule has 1 amide bonds. The van der Waals surface area contributed by atoms with Crippen molar-refractivity contribution in [1.29, 1.82) is 0 Å². The fourth-order valence-electron chi connectivity index (χ4n) is 3.63. The van der Waals surface area contributed by atoms with Crippen LogP contribution < -0.4 is 16.6 Å². The highest BCUT2D eigenvalue weighted by Gasteiger charge is 2.28. The van der Waals surface area contributed by atoms with Crippen LogP contribution in [0.4, 0.5) is 10.1 Å². The average molecular weight is 375 g/mol. The number of nitrogens with zero attached hydrogens (tertiary/aromatic N) is 2. The van der Waals surface area contributed by atoms with Gasteiger partial charge in [0.2, 0.25) is 5.91 Å². The Morgan fingerprint density at radius 3 is 2.81 bits per heavy atom. The minimum Gasteiger partial charge on any atom is -0.326 e.